The van der Waals surface area contributed by atoms with Gasteiger partial charge in [-0.2, -0.15) is 0 Å². The highest BCUT2D eigenvalue weighted by molar-refractivity contribution is 6.08. The Bertz CT molecular complexity index is 1960. The van der Waals surface area contributed by atoms with Gasteiger partial charge in [0.2, 0.25) is 0 Å². The first kappa shape index (κ1) is 48.6. The molecule has 17 nitrogen and oxygen atoms in total. The number of halogens is 1. The van der Waals surface area contributed by atoms with Crippen LogP contribution in [0, 0.1) is 33.8 Å². The maximum atomic E-state index is 17.0. The third-order valence-electron chi connectivity index (χ3n) is 13.5. The molecule has 18 heteroatoms. The lowest BCUT2D eigenvalue weighted by Gasteiger charge is -2.48. The lowest BCUT2D eigenvalue weighted by atomic mass is 9.73. The summed E-state index contributed by atoms with van der Waals surface area (Å²) in [5, 5.41) is 19.6. The number of nitro groups is 1. The zero-order valence-corrected chi connectivity index (χ0v) is 38.2. The molecule has 0 radical (unpaired) electrons. The quantitative estimate of drug-likeness (QED) is 0.0769. The van der Waals surface area contributed by atoms with Crippen molar-refractivity contribution in [3.63, 3.8) is 0 Å². The summed E-state index contributed by atoms with van der Waals surface area (Å²) in [6.07, 6.45) is -0.689. The van der Waals surface area contributed by atoms with E-state index in [9.17, 15) is 29.3 Å². The van der Waals surface area contributed by atoms with Crippen molar-refractivity contribution < 1.29 is 52.2 Å². The van der Waals surface area contributed by atoms with E-state index in [1.165, 1.54) is 31.1 Å². The second-order valence-corrected chi connectivity index (χ2v) is 18.3. The number of alkyl halides is 1. The van der Waals surface area contributed by atoms with Crippen LogP contribution in [0.3, 0.4) is 0 Å². The standard InChI is InChI=1S/C44H65FN6O11/c1-13-34-44(9)36(50(41(55)62-44)20-15-14-19-49-24-32(46-47-49)30-17-16-18-31(22-30)51(56)57)28(5)35(52)25(2)23-42(7,58-12)38(29(6)37(53)43(8,45)40(54)60-34)61-39-27(4)33(48(10)11)21-26(3)59-39/h16-18,22,24-29,33-34,36,38-39H,13-15,19-21,23H2,1-12H3/t25-,26-,27+,28+,29+,33+,34-,36+,38-,39+,42+,43+,44-/m1/s1. The third-order valence-corrected chi connectivity index (χ3v) is 13.5. The molecule has 4 heterocycles. The van der Waals surface area contributed by atoms with Crippen molar-refractivity contribution in [3.8, 4) is 11.3 Å². The number of hydrogen-bond acceptors (Lipinski definition) is 14. The number of rotatable bonds is 12. The van der Waals surface area contributed by atoms with E-state index in [-0.39, 0.29) is 48.9 Å². The third kappa shape index (κ3) is 9.72. The number of non-ortho nitro benzene ring substituents is 1. The number of cyclic esters (lactones) is 1. The molecule has 5 rings (SSSR count). The number of ether oxygens (including phenoxy) is 5. The number of fused-ring (bicyclic) bond motifs is 1. The van der Waals surface area contributed by atoms with Gasteiger partial charge in [-0.1, -0.05) is 52.0 Å². The van der Waals surface area contributed by atoms with Crippen LogP contribution in [0.5, 0.6) is 0 Å². The Morgan fingerprint density at radius 3 is 2.34 bits per heavy atom. The molecule has 13 atom stereocenters. The van der Waals surface area contributed by atoms with E-state index in [4.69, 9.17) is 23.7 Å². The maximum Gasteiger partial charge on any atom is 0.410 e. The van der Waals surface area contributed by atoms with Crippen molar-refractivity contribution in [2.24, 2.45) is 23.7 Å². The van der Waals surface area contributed by atoms with Gasteiger partial charge in [0.15, 0.2) is 17.7 Å². The van der Waals surface area contributed by atoms with Gasteiger partial charge in [-0.15, -0.1) is 5.10 Å². The Hall–Kier alpha value is -4.39. The summed E-state index contributed by atoms with van der Waals surface area (Å²) in [6, 6.07) is 5.19. The Labute approximate surface area is 363 Å². The van der Waals surface area contributed by atoms with Crippen LogP contribution in [0.25, 0.3) is 11.3 Å². The van der Waals surface area contributed by atoms with Gasteiger partial charge >= 0.3 is 12.1 Å². The van der Waals surface area contributed by atoms with E-state index in [1.807, 2.05) is 27.9 Å². The van der Waals surface area contributed by atoms with Crippen LogP contribution in [0.1, 0.15) is 94.4 Å². The molecule has 1 amide bonds. The molecule has 344 valence electrons. The van der Waals surface area contributed by atoms with E-state index in [0.717, 1.165) is 13.3 Å². The number of ketones is 2. The molecule has 0 spiro atoms. The van der Waals surface area contributed by atoms with Crippen LogP contribution in [-0.2, 0) is 44.6 Å². The molecule has 3 fully saturated rings. The molecule has 2 aromatic rings. The molecule has 3 aliphatic heterocycles. The topological polar surface area (TPSA) is 195 Å². The second kappa shape index (κ2) is 19.2. The molecule has 0 N–H and O–H groups in total. The van der Waals surface area contributed by atoms with Gasteiger partial charge in [0.25, 0.3) is 11.4 Å². The Balaban J connectivity index is 1.44. The average molecular weight is 873 g/mol. The fourth-order valence-corrected chi connectivity index (χ4v) is 9.91. The van der Waals surface area contributed by atoms with Crippen LogP contribution < -0.4 is 0 Å². The number of esters is 1. The molecule has 1 aromatic heterocycles. The van der Waals surface area contributed by atoms with E-state index in [1.54, 1.807) is 57.6 Å². The highest BCUT2D eigenvalue weighted by atomic mass is 19.1. The largest absolute Gasteiger partial charge is 0.455 e. The van der Waals surface area contributed by atoms with Gasteiger partial charge in [0, 0.05) is 67.6 Å². The maximum absolute atomic E-state index is 17.0. The molecule has 1 aromatic carbocycles. The number of methoxy groups -OCH3 is 1. The first-order valence-corrected chi connectivity index (χ1v) is 21.7. The lowest BCUT2D eigenvalue weighted by Crippen LogP contribution is -2.61. The zero-order valence-electron chi connectivity index (χ0n) is 38.2. The Kier molecular flexibility index (Phi) is 15.0. The number of unbranched alkanes of at least 4 members (excludes halogenated alkanes) is 1. The molecule has 3 saturated heterocycles. The number of carbonyl (C=O) groups excluding carboxylic acids is 4. The second-order valence-electron chi connectivity index (χ2n) is 18.3. The number of amides is 1. The number of benzene rings is 1. The molecule has 0 aliphatic carbocycles. The summed E-state index contributed by atoms with van der Waals surface area (Å²) in [4.78, 5) is 71.3. The first-order chi connectivity index (χ1) is 29.0. The van der Waals surface area contributed by atoms with E-state index < -0.39 is 81.9 Å². The predicted molar refractivity (Wildman–Crippen MR) is 224 cm³/mol. The summed E-state index contributed by atoms with van der Waals surface area (Å²) in [7, 11) is 5.38. The number of hydrogen-bond donors (Lipinski definition) is 0. The van der Waals surface area contributed by atoms with Crippen LogP contribution in [0.15, 0.2) is 30.5 Å². The normalized spacial score (nSPS) is 36.3. The van der Waals surface area contributed by atoms with Gasteiger partial charge in [-0.05, 0) is 73.9 Å². The van der Waals surface area contributed by atoms with Crippen molar-refractivity contribution in [1.82, 2.24) is 24.8 Å². The monoisotopic (exact) mass is 872 g/mol. The molecular weight excluding hydrogens is 808 g/mol. The first-order valence-electron chi connectivity index (χ1n) is 21.7. The number of Topliss-reactive ketones (excluding diaryl/α,β-unsaturated/α-hetero) is 2. The minimum Gasteiger partial charge on any atom is -0.455 e. The Morgan fingerprint density at radius 2 is 1.71 bits per heavy atom. The SMILES string of the molecule is CC[C@H]1OC(=O)[C@@](C)(F)C(=O)[C@H](C)[C@@H](O[C@@H]2O[C@H](C)C[C@H](N(C)C)[C@@H]2C)[C@@](C)(OC)C[C@@H](C)C(=O)[C@H](C)[C@@H]2N(CCCCn3cc(-c4cccc([N+](=O)[O-])c4)nn3)C(=O)O[C@@]21C. The fraction of sp³-hybridized carbons (Fsp3) is 0.727. The summed E-state index contributed by atoms with van der Waals surface area (Å²) in [5.41, 5.74) is -5.21. The highest BCUT2D eigenvalue weighted by Gasteiger charge is 2.61. The summed E-state index contributed by atoms with van der Waals surface area (Å²) in [6.45, 7) is 15.3. The fourth-order valence-electron chi connectivity index (χ4n) is 9.91. The summed E-state index contributed by atoms with van der Waals surface area (Å²) >= 11 is 0. The van der Waals surface area contributed by atoms with E-state index in [0.29, 0.717) is 30.6 Å². The molecule has 0 bridgehead atoms. The summed E-state index contributed by atoms with van der Waals surface area (Å²) < 4.78 is 49.7. The van der Waals surface area contributed by atoms with Crippen molar-refractivity contribution in [2.75, 3.05) is 27.7 Å². The van der Waals surface area contributed by atoms with Crippen molar-refractivity contribution >= 4 is 29.3 Å². The van der Waals surface area contributed by atoms with Crippen molar-refractivity contribution in [3.05, 3.63) is 40.6 Å². The van der Waals surface area contributed by atoms with E-state index >= 15 is 4.39 Å². The zero-order chi connectivity index (χ0) is 46.1. The lowest BCUT2D eigenvalue weighted by molar-refractivity contribution is -0.384. The van der Waals surface area contributed by atoms with Crippen LogP contribution in [0.2, 0.25) is 0 Å². The molecule has 0 saturated carbocycles. The molecule has 3 aliphatic rings. The number of nitro benzene ring substituents is 1. The van der Waals surface area contributed by atoms with Gasteiger partial charge in [-0.3, -0.25) is 24.4 Å². The van der Waals surface area contributed by atoms with Crippen molar-refractivity contribution in [2.45, 2.75) is 155 Å². The minimum atomic E-state index is -3.15. The Morgan fingerprint density at radius 1 is 1.03 bits per heavy atom. The van der Waals surface area contributed by atoms with Gasteiger partial charge < -0.3 is 33.5 Å². The van der Waals surface area contributed by atoms with E-state index in [2.05, 4.69) is 15.2 Å². The highest BCUT2D eigenvalue weighted by Crippen LogP contribution is 2.44. The smallest absolute Gasteiger partial charge is 0.410 e. The van der Waals surface area contributed by atoms with Gasteiger partial charge in [-0.25, -0.2) is 14.0 Å². The van der Waals surface area contributed by atoms with Crippen LogP contribution in [-0.4, -0.2) is 135 Å². The average Bonchev–Trinajstić information content (AvgIpc) is 3.81. The van der Waals surface area contributed by atoms with Crippen molar-refractivity contribution in [1.29, 1.82) is 0 Å². The number of nitrogens with zero attached hydrogens (tertiary/aromatic N) is 6. The molecule has 0 unspecified atom stereocenters. The number of aryl methyl sites for hydroxylation is 1. The molecule has 62 heavy (non-hydrogen) atoms. The van der Waals surface area contributed by atoms with Crippen LogP contribution >= 0.6 is 0 Å². The summed E-state index contributed by atoms with van der Waals surface area (Å²) in [5.74, 6) is -5.81. The number of aromatic nitrogens is 3. The molecular formula is C44H65FN6O11. The number of carbonyl (C=O) groups is 4. The van der Waals surface area contributed by atoms with Gasteiger partial charge in [0.1, 0.15) is 17.6 Å². The van der Waals surface area contributed by atoms with Gasteiger partial charge in [0.05, 0.1) is 35.0 Å². The van der Waals surface area contributed by atoms with Crippen LogP contribution in [0.4, 0.5) is 14.9 Å². The predicted octanol–water partition coefficient (Wildman–Crippen LogP) is 6.20. The minimum absolute atomic E-state index is 0.0435.